The van der Waals surface area contributed by atoms with E-state index >= 15 is 0 Å². The average molecular weight is 215 g/mol. The van der Waals surface area contributed by atoms with Crippen molar-refractivity contribution in [2.75, 3.05) is 0 Å². The number of nitrogens with zero attached hydrogens (tertiary/aromatic N) is 1. The van der Waals surface area contributed by atoms with Gasteiger partial charge in [0.1, 0.15) is 0 Å². The summed E-state index contributed by atoms with van der Waals surface area (Å²) in [5.41, 5.74) is 0. The van der Waals surface area contributed by atoms with Crippen LogP contribution in [-0.4, -0.2) is 54.5 Å². The molecule has 0 aliphatic rings. The van der Waals surface area contributed by atoms with Crippen LogP contribution in [0.2, 0.25) is 0 Å². The SMILES string of the molecule is CCCC(=O)C(CCC)[N+](=O)[O-].[CaH2]. The molecule has 0 amide bonds. The third-order valence-corrected chi connectivity index (χ3v) is 1.68. The summed E-state index contributed by atoms with van der Waals surface area (Å²) in [6.45, 7) is 3.69. The first-order chi connectivity index (χ1) is 5.63. The van der Waals surface area contributed by atoms with Gasteiger partial charge >= 0.3 is 37.7 Å². The Kier molecular flexibility index (Phi) is 10.8. The minimum atomic E-state index is -0.963. The van der Waals surface area contributed by atoms with Gasteiger partial charge in [0.25, 0.3) is 6.04 Å². The van der Waals surface area contributed by atoms with E-state index in [0.717, 1.165) is 0 Å². The molecule has 0 bridgehead atoms. The van der Waals surface area contributed by atoms with Crippen molar-refractivity contribution in [1.82, 2.24) is 0 Å². The number of carbonyl (C=O) groups excluding carboxylic acids is 1. The Labute approximate surface area is 108 Å². The van der Waals surface area contributed by atoms with Gasteiger partial charge in [-0.3, -0.25) is 14.9 Å². The molecule has 0 aliphatic carbocycles. The topological polar surface area (TPSA) is 60.2 Å². The zero-order valence-corrected chi connectivity index (χ0v) is 7.58. The van der Waals surface area contributed by atoms with Gasteiger partial charge in [0.2, 0.25) is 5.78 Å². The number of nitro groups is 1. The summed E-state index contributed by atoms with van der Waals surface area (Å²) in [4.78, 5) is 21.1. The predicted molar refractivity (Wildman–Crippen MR) is 54.1 cm³/mol. The van der Waals surface area contributed by atoms with Crippen LogP contribution < -0.4 is 0 Å². The van der Waals surface area contributed by atoms with Gasteiger partial charge in [-0.1, -0.05) is 13.8 Å². The Morgan fingerprint density at radius 1 is 1.38 bits per heavy atom. The molecule has 0 saturated carbocycles. The van der Waals surface area contributed by atoms with Crippen molar-refractivity contribution >= 4 is 43.5 Å². The van der Waals surface area contributed by atoms with Crippen LogP contribution in [0.3, 0.4) is 0 Å². The molecule has 0 heterocycles. The fourth-order valence-corrected chi connectivity index (χ4v) is 1.07. The molecule has 0 aromatic heterocycles. The molecule has 0 radical (unpaired) electrons. The predicted octanol–water partition coefficient (Wildman–Crippen LogP) is 0.885. The van der Waals surface area contributed by atoms with E-state index in [-0.39, 0.29) is 43.5 Å². The summed E-state index contributed by atoms with van der Waals surface area (Å²) < 4.78 is 0. The van der Waals surface area contributed by atoms with E-state index in [9.17, 15) is 14.9 Å². The quantitative estimate of drug-likeness (QED) is 0.375. The number of hydrogen-bond donors (Lipinski definition) is 0. The zero-order chi connectivity index (χ0) is 9.56. The molecule has 0 aromatic carbocycles. The van der Waals surface area contributed by atoms with Gasteiger partial charge in [0.15, 0.2) is 0 Å². The molecular weight excluding hydrogens is 198 g/mol. The molecule has 0 spiro atoms. The van der Waals surface area contributed by atoms with E-state index in [4.69, 9.17) is 0 Å². The molecule has 0 aliphatic heterocycles. The molecule has 1 unspecified atom stereocenters. The Morgan fingerprint density at radius 3 is 2.23 bits per heavy atom. The van der Waals surface area contributed by atoms with E-state index in [1.807, 2.05) is 13.8 Å². The average Bonchev–Trinajstić information content (AvgIpc) is 1.99. The van der Waals surface area contributed by atoms with Gasteiger partial charge in [-0.05, 0) is 12.8 Å². The Balaban J connectivity index is 0. The van der Waals surface area contributed by atoms with Crippen LogP contribution in [0.5, 0.6) is 0 Å². The maximum atomic E-state index is 11.1. The molecule has 13 heavy (non-hydrogen) atoms. The van der Waals surface area contributed by atoms with Crippen molar-refractivity contribution in [3.63, 3.8) is 0 Å². The van der Waals surface area contributed by atoms with Gasteiger partial charge in [-0.25, -0.2) is 0 Å². The van der Waals surface area contributed by atoms with Crippen molar-refractivity contribution in [3.8, 4) is 0 Å². The van der Waals surface area contributed by atoms with Crippen molar-refractivity contribution in [2.45, 2.75) is 45.6 Å². The summed E-state index contributed by atoms with van der Waals surface area (Å²) in [6.07, 6.45) is 2.06. The van der Waals surface area contributed by atoms with Crippen molar-refractivity contribution in [2.24, 2.45) is 0 Å². The second-order valence-corrected chi connectivity index (χ2v) is 2.81. The zero-order valence-electron chi connectivity index (χ0n) is 7.58. The Morgan fingerprint density at radius 2 is 1.92 bits per heavy atom. The second-order valence-electron chi connectivity index (χ2n) is 2.81. The van der Waals surface area contributed by atoms with E-state index in [1.165, 1.54) is 0 Å². The summed E-state index contributed by atoms with van der Waals surface area (Å²) in [5.74, 6) is -0.232. The number of Topliss-reactive ketones (excluding diaryl/α,β-unsaturated/α-hetero) is 1. The van der Waals surface area contributed by atoms with Gasteiger partial charge in [-0.2, -0.15) is 0 Å². The van der Waals surface area contributed by atoms with Gasteiger partial charge < -0.3 is 0 Å². The van der Waals surface area contributed by atoms with Gasteiger partial charge in [0, 0.05) is 17.8 Å². The molecular formula is C8H17CaNO3. The molecule has 0 saturated heterocycles. The summed E-state index contributed by atoms with van der Waals surface area (Å²) in [6, 6.07) is -0.963. The first kappa shape index (κ1) is 15.8. The van der Waals surface area contributed by atoms with Crippen LogP contribution in [0.25, 0.3) is 0 Å². The van der Waals surface area contributed by atoms with Gasteiger partial charge in [0.05, 0.1) is 0 Å². The number of ketones is 1. The van der Waals surface area contributed by atoms with Crippen LogP contribution in [-0.2, 0) is 4.79 Å². The third-order valence-electron chi connectivity index (χ3n) is 1.68. The van der Waals surface area contributed by atoms with Crippen LogP contribution in [0.4, 0.5) is 0 Å². The first-order valence-corrected chi connectivity index (χ1v) is 4.29. The summed E-state index contributed by atoms with van der Waals surface area (Å²) >= 11 is 0. The Bertz CT molecular complexity index is 173. The molecule has 0 fully saturated rings. The van der Waals surface area contributed by atoms with Crippen LogP contribution in [0, 0.1) is 10.1 Å². The monoisotopic (exact) mass is 215 g/mol. The first-order valence-electron chi connectivity index (χ1n) is 4.29. The van der Waals surface area contributed by atoms with E-state index in [1.54, 1.807) is 0 Å². The van der Waals surface area contributed by atoms with Crippen LogP contribution in [0.15, 0.2) is 0 Å². The molecule has 0 rings (SSSR count). The van der Waals surface area contributed by atoms with Crippen molar-refractivity contribution in [3.05, 3.63) is 10.1 Å². The molecule has 0 aromatic rings. The summed E-state index contributed by atoms with van der Waals surface area (Å²) in [7, 11) is 0. The van der Waals surface area contributed by atoms with E-state index < -0.39 is 11.0 Å². The number of carbonyl (C=O) groups is 1. The van der Waals surface area contributed by atoms with Crippen LogP contribution in [0.1, 0.15) is 39.5 Å². The Hall–Kier alpha value is 0.330. The molecule has 1 atom stereocenters. The molecule has 5 heteroatoms. The standard InChI is InChI=1S/C8H15NO3.Ca.2H/c1-3-5-7(9(11)12)8(10)6-4-2;;;/h7H,3-6H2,1-2H3;;;. The second kappa shape index (κ2) is 8.91. The summed E-state index contributed by atoms with van der Waals surface area (Å²) in [5, 5.41) is 10.4. The fraction of sp³-hybridized carbons (Fsp3) is 0.875. The molecule has 0 N–H and O–H groups in total. The van der Waals surface area contributed by atoms with E-state index in [2.05, 4.69) is 0 Å². The normalized spacial score (nSPS) is 11.5. The molecule has 74 valence electrons. The fourth-order valence-electron chi connectivity index (χ4n) is 1.07. The maximum absolute atomic E-state index is 11.1. The number of rotatable bonds is 6. The third kappa shape index (κ3) is 6.41. The number of hydrogen-bond acceptors (Lipinski definition) is 3. The van der Waals surface area contributed by atoms with E-state index in [0.29, 0.717) is 25.7 Å². The van der Waals surface area contributed by atoms with Crippen molar-refractivity contribution < 1.29 is 9.72 Å². The minimum absolute atomic E-state index is 0. The van der Waals surface area contributed by atoms with Crippen LogP contribution >= 0.6 is 0 Å². The van der Waals surface area contributed by atoms with Gasteiger partial charge in [-0.15, -0.1) is 0 Å². The van der Waals surface area contributed by atoms with Crippen molar-refractivity contribution in [1.29, 1.82) is 0 Å². The molecule has 4 nitrogen and oxygen atoms in total.